The van der Waals surface area contributed by atoms with Gasteiger partial charge in [0.1, 0.15) is 12.4 Å². The molecular weight excluding hydrogens is 373 g/mol. The van der Waals surface area contributed by atoms with Gasteiger partial charge in [0.25, 0.3) is 11.7 Å². The molecule has 2 aromatic carbocycles. The Kier molecular flexibility index (Phi) is 5.12. The summed E-state index contributed by atoms with van der Waals surface area (Å²) in [7, 11) is 0. The number of para-hydroxylation sites is 2. The standard InChI is InChI=1S/C22H20FN3O3/c23-17-8-2-3-9-18(17)24-22(29)21(28)16-13-26(19-10-4-1-7-15(16)19)14-20(27)25-11-5-6-12-25/h1-4,7-10,13H,5-6,11-12,14H2,(H,24,29). The van der Waals surface area contributed by atoms with E-state index in [4.69, 9.17) is 0 Å². The fourth-order valence-electron chi connectivity index (χ4n) is 3.63. The van der Waals surface area contributed by atoms with Gasteiger partial charge in [-0.3, -0.25) is 14.4 Å². The van der Waals surface area contributed by atoms with Crippen LogP contribution < -0.4 is 5.32 Å². The van der Waals surface area contributed by atoms with E-state index in [9.17, 15) is 18.8 Å². The number of benzene rings is 2. The minimum absolute atomic E-state index is 0.0157. The minimum Gasteiger partial charge on any atom is -0.341 e. The second-order valence-corrected chi connectivity index (χ2v) is 7.04. The molecule has 1 aliphatic heterocycles. The summed E-state index contributed by atoms with van der Waals surface area (Å²) in [6.07, 6.45) is 3.53. The van der Waals surface area contributed by atoms with Crippen LogP contribution in [0.4, 0.5) is 10.1 Å². The average molecular weight is 393 g/mol. The summed E-state index contributed by atoms with van der Waals surface area (Å²) in [5.41, 5.74) is 0.824. The normalized spacial score (nSPS) is 13.6. The number of aromatic nitrogens is 1. The first-order chi connectivity index (χ1) is 14.0. The van der Waals surface area contributed by atoms with Crippen LogP contribution in [0.15, 0.2) is 54.7 Å². The largest absolute Gasteiger partial charge is 0.341 e. The third-order valence-electron chi connectivity index (χ3n) is 5.13. The lowest BCUT2D eigenvalue weighted by Crippen LogP contribution is -2.30. The van der Waals surface area contributed by atoms with Gasteiger partial charge < -0.3 is 14.8 Å². The zero-order valence-corrected chi connectivity index (χ0v) is 15.7. The van der Waals surface area contributed by atoms with E-state index in [0.29, 0.717) is 10.9 Å². The highest BCUT2D eigenvalue weighted by Crippen LogP contribution is 2.23. The van der Waals surface area contributed by atoms with Crippen LogP contribution in [0.5, 0.6) is 0 Å². The fourth-order valence-corrected chi connectivity index (χ4v) is 3.63. The number of carbonyl (C=O) groups is 3. The maximum absolute atomic E-state index is 13.8. The molecule has 29 heavy (non-hydrogen) atoms. The zero-order chi connectivity index (χ0) is 20.4. The van der Waals surface area contributed by atoms with Gasteiger partial charge in [0, 0.05) is 30.2 Å². The average Bonchev–Trinajstić information content (AvgIpc) is 3.38. The molecule has 148 valence electrons. The Morgan fingerprint density at radius 1 is 0.966 bits per heavy atom. The van der Waals surface area contributed by atoms with Gasteiger partial charge in [0.2, 0.25) is 5.91 Å². The number of halogens is 1. The lowest BCUT2D eigenvalue weighted by molar-refractivity contribution is -0.130. The first-order valence-electron chi connectivity index (χ1n) is 9.50. The van der Waals surface area contributed by atoms with Gasteiger partial charge in [-0.1, -0.05) is 30.3 Å². The topological polar surface area (TPSA) is 71.4 Å². The van der Waals surface area contributed by atoms with E-state index < -0.39 is 17.5 Å². The van der Waals surface area contributed by atoms with Crippen molar-refractivity contribution in [2.45, 2.75) is 19.4 Å². The highest BCUT2D eigenvalue weighted by molar-refractivity contribution is 6.48. The highest BCUT2D eigenvalue weighted by atomic mass is 19.1. The molecule has 0 radical (unpaired) electrons. The van der Waals surface area contributed by atoms with Crippen LogP contribution >= 0.6 is 0 Å². The number of Topliss-reactive ketones (excluding diaryl/α,β-unsaturated/α-hetero) is 1. The predicted octanol–water partition coefficient (Wildman–Crippen LogP) is 3.22. The van der Waals surface area contributed by atoms with E-state index in [1.807, 2.05) is 6.07 Å². The second-order valence-electron chi connectivity index (χ2n) is 7.04. The van der Waals surface area contributed by atoms with E-state index in [1.165, 1.54) is 24.4 Å². The Morgan fingerprint density at radius 3 is 2.41 bits per heavy atom. The van der Waals surface area contributed by atoms with Crippen LogP contribution in [0.1, 0.15) is 23.2 Å². The van der Waals surface area contributed by atoms with Gasteiger partial charge in [-0.15, -0.1) is 0 Å². The number of amides is 2. The van der Waals surface area contributed by atoms with Gasteiger partial charge in [-0.05, 0) is 31.0 Å². The van der Waals surface area contributed by atoms with Gasteiger partial charge in [0.05, 0.1) is 11.3 Å². The number of hydrogen-bond acceptors (Lipinski definition) is 3. The Labute approximate surface area is 166 Å². The fraction of sp³-hybridized carbons (Fsp3) is 0.227. The molecule has 0 bridgehead atoms. The van der Waals surface area contributed by atoms with Crippen molar-refractivity contribution in [3.63, 3.8) is 0 Å². The summed E-state index contributed by atoms with van der Waals surface area (Å²) >= 11 is 0. The van der Waals surface area contributed by atoms with Crippen LogP contribution in [-0.4, -0.2) is 40.2 Å². The third kappa shape index (κ3) is 3.76. The van der Waals surface area contributed by atoms with E-state index >= 15 is 0 Å². The molecule has 1 aliphatic rings. The van der Waals surface area contributed by atoms with Crippen molar-refractivity contribution in [1.82, 2.24) is 9.47 Å². The lowest BCUT2D eigenvalue weighted by Gasteiger charge is -2.15. The third-order valence-corrected chi connectivity index (χ3v) is 5.13. The number of anilines is 1. The summed E-state index contributed by atoms with van der Waals surface area (Å²) in [5.74, 6) is -2.34. The number of hydrogen-bond donors (Lipinski definition) is 1. The molecule has 1 saturated heterocycles. The number of likely N-dealkylation sites (tertiary alicyclic amines) is 1. The van der Waals surface area contributed by atoms with Crippen molar-refractivity contribution in [3.8, 4) is 0 Å². The summed E-state index contributed by atoms with van der Waals surface area (Å²) in [5, 5.41) is 2.90. The first kappa shape index (κ1) is 18.9. The Bertz CT molecular complexity index is 1100. The molecule has 0 unspecified atom stereocenters. The minimum atomic E-state index is -0.927. The van der Waals surface area contributed by atoms with Gasteiger partial charge in [-0.25, -0.2) is 4.39 Å². The van der Waals surface area contributed by atoms with Crippen molar-refractivity contribution < 1.29 is 18.8 Å². The van der Waals surface area contributed by atoms with Crippen molar-refractivity contribution in [2.24, 2.45) is 0 Å². The van der Waals surface area contributed by atoms with E-state index in [1.54, 1.807) is 33.7 Å². The number of nitrogens with one attached hydrogen (secondary N) is 1. The van der Waals surface area contributed by atoms with Gasteiger partial charge in [-0.2, -0.15) is 0 Å². The van der Waals surface area contributed by atoms with Crippen LogP contribution in [0, 0.1) is 5.82 Å². The molecule has 0 atom stereocenters. The van der Waals surface area contributed by atoms with Crippen LogP contribution in [0.3, 0.4) is 0 Å². The number of ketones is 1. The molecule has 0 spiro atoms. The van der Waals surface area contributed by atoms with Crippen molar-refractivity contribution in [3.05, 3.63) is 66.1 Å². The smallest absolute Gasteiger partial charge is 0.296 e. The highest BCUT2D eigenvalue weighted by Gasteiger charge is 2.24. The summed E-state index contributed by atoms with van der Waals surface area (Å²) in [6.45, 7) is 1.59. The van der Waals surface area contributed by atoms with Crippen LogP contribution in [-0.2, 0) is 16.1 Å². The monoisotopic (exact) mass is 393 g/mol. The van der Waals surface area contributed by atoms with Crippen LogP contribution in [0.2, 0.25) is 0 Å². The van der Waals surface area contributed by atoms with Crippen molar-refractivity contribution >= 4 is 34.2 Å². The molecular formula is C22H20FN3O3. The summed E-state index contributed by atoms with van der Waals surface area (Å²) in [4.78, 5) is 39.6. The molecule has 6 nitrogen and oxygen atoms in total. The predicted molar refractivity (Wildman–Crippen MR) is 107 cm³/mol. The molecule has 0 saturated carbocycles. The van der Waals surface area contributed by atoms with Crippen molar-refractivity contribution in [2.75, 3.05) is 18.4 Å². The first-order valence-corrected chi connectivity index (χ1v) is 9.50. The molecule has 1 N–H and O–H groups in total. The lowest BCUT2D eigenvalue weighted by atomic mass is 10.1. The maximum atomic E-state index is 13.8. The Balaban J connectivity index is 1.61. The number of carbonyl (C=O) groups excluding carboxylic acids is 3. The summed E-state index contributed by atoms with van der Waals surface area (Å²) < 4.78 is 15.5. The Hall–Kier alpha value is -3.48. The molecule has 1 aromatic heterocycles. The Morgan fingerprint density at radius 2 is 1.66 bits per heavy atom. The van der Waals surface area contributed by atoms with Gasteiger partial charge in [0.15, 0.2) is 0 Å². The summed E-state index contributed by atoms with van der Waals surface area (Å²) in [6, 6.07) is 12.8. The number of rotatable bonds is 5. The zero-order valence-electron chi connectivity index (χ0n) is 15.7. The van der Waals surface area contributed by atoms with Gasteiger partial charge >= 0.3 is 0 Å². The maximum Gasteiger partial charge on any atom is 0.296 e. The molecule has 7 heteroatoms. The SMILES string of the molecule is O=C(Nc1ccccc1F)C(=O)c1cn(CC(=O)N2CCCC2)c2ccccc12. The quantitative estimate of drug-likeness (QED) is 0.534. The molecule has 3 aromatic rings. The molecule has 2 amide bonds. The number of fused-ring (bicyclic) bond motifs is 1. The van der Waals surface area contributed by atoms with E-state index in [-0.39, 0.29) is 23.7 Å². The second kappa shape index (κ2) is 7.87. The van der Waals surface area contributed by atoms with E-state index in [2.05, 4.69) is 5.32 Å². The molecule has 0 aliphatic carbocycles. The molecule has 4 rings (SSSR count). The van der Waals surface area contributed by atoms with Crippen LogP contribution in [0.25, 0.3) is 10.9 Å². The van der Waals surface area contributed by atoms with E-state index in [0.717, 1.165) is 25.9 Å². The molecule has 1 fully saturated rings. The molecule has 2 heterocycles. The number of nitrogens with zero attached hydrogens (tertiary/aromatic N) is 2. The van der Waals surface area contributed by atoms with Crippen molar-refractivity contribution in [1.29, 1.82) is 0 Å².